The maximum absolute atomic E-state index is 12.1. The summed E-state index contributed by atoms with van der Waals surface area (Å²) in [5, 5.41) is 8.88. The lowest BCUT2D eigenvalue weighted by Gasteiger charge is -2.33. The average Bonchev–Trinajstić information content (AvgIpc) is 2.71. The largest absolute Gasteiger partial charge is 0.395 e. The molecule has 1 saturated heterocycles. The summed E-state index contributed by atoms with van der Waals surface area (Å²) in [6.07, 6.45) is 0. The number of ketones is 1. The van der Waals surface area contributed by atoms with E-state index in [1.807, 2.05) is 0 Å². The van der Waals surface area contributed by atoms with Crippen LogP contribution in [0.15, 0.2) is 6.07 Å². The van der Waals surface area contributed by atoms with Gasteiger partial charge in [-0.2, -0.15) is 0 Å². The number of halogens is 2. The molecule has 106 valence electrons. The Balaban J connectivity index is 1.85. The van der Waals surface area contributed by atoms with E-state index in [2.05, 4.69) is 9.80 Å². The van der Waals surface area contributed by atoms with E-state index in [-0.39, 0.29) is 12.4 Å². The summed E-state index contributed by atoms with van der Waals surface area (Å²) in [5.41, 5.74) is 0.523. The lowest BCUT2D eigenvalue weighted by atomic mass is 10.2. The highest BCUT2D eigenvalue weighted by molar-refractivity contribution is 7.20. The average molecular weight is 323 g/mol. The Kier molecular flexibility index (Phi) is 5.62. The normalized spacial score (nSPS) is 17.8. The summed E-state index contributed by atoms with van der Waals surface area (Å²) >= 11 is 13.0. The van der Waals surface area contributed by atoms with Crippen molar-refractivity contribution in [2.24, 2.45) is 0 Å². The number of hydrogen-bond donors (Lipinski definition) is 1. The maximum Gasteiger partial charge on any atom is 0.179 e. The zero-order valence-electron chi connectivity index (χ0n) is 10.4. The van der Waals surface area contributed by atoms with Gasteiger partial charge in [0.05, 0.1) is 23.1 Å². The first-order valence-corrected chi connectivity index (χ1v) is 7.71. The SMILES string of the molecule is O=C(CN1CCN(CCO)CC1)c1cc(Cl)sc1Cl. The number of rotatable bonds is 5. The van der Waals surface area contributed by atoms with Gasteiger partial charge in [-0.3, -0.25) is 14.6 Å². The minimum atomic E-state index is 0.0174. The minimum absolute atomic E-state index is 0.0174. The van der Waals surface area contributed by atoms with E-state index < -0.39 is 0 Å². The van der Waals surface area contributed by atoms with Gasteiger partial charge < -0.3 is 5.11 Å². The molecule has 1 aliphatic rings. The molecule has 0 aliphatic carbocycles. The summed E-state index contributed by atoms with van der Waals surface area (Å²) in [5.74, 6) is 0.0174. The molecule has 1 aliphatic heterocycles. The van der Waals surface area contributed by atoms with Gasteiger partial charge in [0.2, 0.25) is 0 Å². The monoisotopic (exact) mass is 322 g/mol. The molecule has 0 saturated carbocycles. The topological polar surface area (TPSA) is 43.8 Å². The highest BCUT2D eigenvalue weighted by atomic mass is 35.5. The highest BCUT2D eigenvalue weighted by Crippen LogP contribution is 2.31. The molecule has 1 fully saturated rings. The standard InChI is InChI=1S/C12H16Cl2N2O2S/c13-11-7-9(12(14)19-11)10(18)8-16-3-1-15(2-4-16)5-6-17/h7,17H,1-6,8H2. The predicted octanol–water partition coefficient (Wildman–Crippen LogP) is 1.85. The summed E-state index contributed by atoms with van der Waals surface area (Å²) in [7, 11) is 0. The Morgan fingerprint density at radius 2 is 1.89 bits per heavy atom. The second-order valence-electron chi connectivity index (χ2n) is 4.50. The van der Waals surface area contributed by atoms with Crippen molar-refractivity contribution in [3.8, 4) is 0 Å². The third-order valence-electron chi connectivity index (χ3n) is 3.21. The fraction of sp³-hybridized carbons (Fsp3) is 0.583. The van der Waals surface area contributed by atoms with Crippen LogP contribution in [-0.4, -0.2) is 66.6 Å². The number of β-amino-alcohol motifs (C(OH)–C–C–N with tert-alkyl or cyclic N) is 1. The van der Waals surface area contributed by atoms with Gasteiger partial charge >= 0.3 is 0 Å². The van der Waals surface area contributed by atoms with Crippen molar-refractivity contribution in [3.05, 3.63) is 20.3 Å². The van der Waals surface area contributed by atoms with Crippen LogP contribution in [0, 0.1) is 0 Å². The van der Waals surface area contributed by atoms with Crippen LogP contribution in [0.4, 0.5) is 0 Å². The predicted molar refractivity (Wildman–Crippen MR) is 78.6 cm³/mol. The molecular weight excluding hydrogens is 307 g/mol. The van der Waals surface area contributed by atoms with Crippen LogP contribution in [0.25, 0.3) is 0 Å². The van der Waals surface area contributed by atoms with Crippen molar-refractivity contribution in [1.82, 2.24) is 9.80 Å². The molecule has 1 N–H and O–H groups in total. The van der Waals surface area contributed by atoms with E-state index in [1.54, 1.807) is 6.07 Å². The first-order valence-electron chi connectivity index (χ1n) is 6.13. The van der Waals surface area contributed by atoms with Gasteiger partial charge in [-0.25, -0.2) is 0 Å². The van der Waals surface area contributed by atoms with E-state index >= 15 is 0 Å². The van der Waals surface area contributed by atoms with Crippen LogP contribution in [0.3, 0.4) is 0 Å². The lowest BCUT2D eigenvalue weighted by molar-refractivity contribution is 0.0823. The second kappa shape index (κ2) is 7.02. The number of carbonyl (C=O) groups is 1. The van der Waals surface area contributed by atoms with E-state index in [0.29, 0.717) is 27.3 Å². The third kappa shape index (κ3) is 4.15. The van der Waals surface area contributed by atoms with Crippen molar-refractivity contribution < 1.29 is 9.90 Å². The van der Waals surface area contributed by atoms with Gasteiger partial charge in [-0.05, 0) is 6.07 Å². The summed E-state index contributed by atoms with van der Waals surface area (Å²) < 4.78 is 1.01. The number of aliphatic hydroxyl groups excluding tert-OH is 1. The molecule has 4 nitrogen and oxygen atoms in total. The Hall–Kier alpha value is -0.170. The lowest BCUT2D eigenvalue weighted by Crippen LogP contribution is -2.48. The fourth-order valence-electron chi connectivity index (χ4n) is 2.13. The molecular formula is C12H16Cl2N2O2S. The minimum Gasteiger partial charge on any atom is -0.395 e. The van der Waals surface area contributed by atoms with Crippen molar-refractivity contribution in [2.45, 2.75) is 0 Å². The number of nitrogens with zero attached hydrogens (tertiary/aromatic N) is 2. The molecule has 0 spiro atoms. The van der Waals surface area contributed by atoms with Crippen molar-refractivity contribution in [3.63, 3.8) is 0 Å². The van der Waals surface area contributed by atoms with E-state index in [0.717, 1.165) is 26.2 Å². The highest BCUT2D eigenvalue weighted by Gasteiger charge is 2.21. The molecule has 0 unspecified atom stereocenters. The van der Waals surface area contributed by atoms with Crippen LogP contribution in [0.5, 0.6) is 0 Å². The van der Waals surface area contributed by atoms with Crippen LogP contribution < -0.4 is 0 Å². The smallest absolute Gasteiger partial charge is 0.179 e. The third-order valence-corrected chi connectivity index (χ3v) is 4.69. The summed E-state index contributed by atoms with van der Waals surface area (Å²) in [6.45, 7) is 4.69. The zero-order valence-corrected chi connectivity index (χ0v) is 12.8. The molecule has 19 heavy (non-hydrogen) atoms. The first kappa shape index (κ1) is 15.2. The molecule has 0 atom stereocenters. The van der Waals surface area contributed by atoms with Crippen LogP contribution in [-0.2, 0) is 0 Å². The van der Waals surface area contributed by atoms with Gasteiger partial charge in [0.25, 0.3) is 0 Å². The van der Waals surface area contributed by atoms with Gasteiger partial charge in [-0.15, -0.1) is 11.3 Å². The van der Waals surface area contributed by atoms with Crippen molar-refractivity contribution in [2.75, 3.05) is 45.9 Å². The number of aliphatic hydroxyl groups is 1. The van der Waals surface area contributed by atoms with Crippen LogP contribution >= 0.6 is 34.5 Å². The molecule has 2 rings (SSSR count). The molecule has 0 amide bonds. The first-order chi connectivity index (χ1) is 9.10. The van der Waals surface area contributed by atoms with Crippen LogP contribution in [0.2, 0.25) is 8.67 Å². The maximum atomic E-state index is 12.1. The Bertz CT molecular complexity index is 445. The van der Waals surface area contributed by atoms with Gasteiger partial charge in [0, 0.05) is 32.7 Å². The summed E-state index contributed by atoms with van der Waals surface area (Å²) in [6, 6.07) is 1.64. The van der Waals surface area contributed by atoms with Crippen molar-refractivity contribution >= 4 is 40.3 Å². The summed E-state index contributed by atoms with van der Waals surface area (Å²) in [4.78, 5) is 16.4. The van der Waals surface area contributed by atoms with Gasteiger partial charge in [0.1, 0.15) is 4.34 Å². The van der Waals surface area contributed by atoms with E-state index in [4.69, 9.17) is 28.3 Å². The van der Waals surface area contributed by atoms with Gasteiger partial charge in [-0.1, -0.05) is 23.2 Å². The second-order valence-corrected chi connectivity index (χ2v) is 6.79. The zero-order chi connectivity index (χ0) is 13.8. The molecule has 1 aromatic heterocycles. The number of Topliss-reactive ketones (excluding diaryl/α,β-unsaturated/α-hetero) is 1. The molecule has 7 heteroatoms. The number of piperazine rings is 1. The van der Waals surface area contributed by atoms with E-state index in [9.17, 15) is 4.79 Å². The molecule has 2 heterocycles. The molecule has 0 aromatic carbocycles. The van der Waals surface area contributed by atoms with Crippen molar-refractivity contribution in [1.29, 1.82) is 0 Å². The van der Waals surface area contributed by atoms with Crippen LogP contribution in [0.1, 0.15) is 10.4 Å². The Morgan fingerprint density at radius 1 is 1.26 bits per heavy atom. The molecule has 1 aromatic rings. The molecule has 0 bridgehead atoms. The van der Waals surface area contributed by atoms with E-state index in [1.165, 1.54) is 11.3 Å². The number of thiophene rings is 1. The van der Waals surface area contributed by atoms with Gasteiger partial charge in [0.15, 0.2) is 5.78 Å². The Labute approximate surface area is 126 Å². The fourth-order valence-corrected chi connectivity index (χ4v) is 3.63. The Morgan fingerprint density at radius 3 is 2.42 bits per heavy atom. The molecule has 0 radical (unpaired) electrons. The number of carbonyl (C=O) groups excluding carboxylic acids is 1. The number of hydrogen-bond acceptors (Lipinski definition) is 5. The quantitative estimate of drug-likeness (QED) is 0.840.